The van der Waals surface area contributed by atoms with Gasteiger partial charge >= 0.3 is 11.7 Å². The third-order valence-electron chi connectivity index (χ3n) is 1.46. The highest BCUT2D eigenvalue weighted by atomic mass is 16.6. The smallest absolute Gasteiger partial charge is 0.421 e. The highest BCUT2D eigenvalue weighted by Gasteiger charge is 2.19. The van der Waals surface area contributed by atoms with Gasteiger partial charge in [-0.05, 0) is 20.8 Å². The van der Waals surface area contributed by atoms with Crippen molar-refractivity contribution in [2.45, 2.75) is 26.4 Å². The molecule has 82 valence electrons. The minimum atomic E-state index is -0.762. The van der Waals surface area contributed by atoms with Gasteiger partial charge in [-0.15, -0.1) is 0 Å². The van der Waals surface area contributed by atoms with E-state index < -0.39 is 17.3 Å². The number of carbonyl (C=O) groups is 1. The van der Waals surface area contributed by atoms with Crippen molar-refractivity contribution in [3.8, 4) is 0 Å². The van der Waals surface area contributed by atoms with E-state index in [1.807, 2.05) is 0 Å². The Balaban J connectivity index is 3.03. The molecule has 0 aliphatic rings. The van der Waals surface area contributed by atoms with Crippen LogP contribution in [0.15, 0.2) is 17.2 Å². The molecule has 0 atom stereocenters. The van der Waals surface area contributed by atoms with E-state index in [9.17, 15) is 9.59 Å². The summed E-state index contributed by atoms with van der Waals surface area (Å²) in [4.78, 5) is 26.4. The first kappa shape index (κ1) is 11.2. The number of hydrogen-bond donors (Lipinski definition) is 1. The minimum absolute atomic E-state index is 0.233. The molecule has 0 aromatic carbocycles. The Labute approximate surface area is 86.7 Å². The molecule has 1 aromatic rings. The zero-order chi connectivity index (χ0) is 11.6. The van der Waals surface area contributed by atoms with Crippen molar-refractivity contribution in [3.05, 3.63) is 22.7 Å². The number of nitrogen functional groups attached to an aromatic ring is 1. The molecule has 0 aliphatic heterocycles. The molecule has 1 heterocycles. The lowest BCUT2D eigenvalue weighted by atomic mass is 10.2. The van der Waals surface area contributed by atoms with Crippen LogP contribution in [0, 0.1) is 0 Å². The van der Waals surface area contributed by atoms with E-state index >= 15 is 0 Å². The van der Waals surface area contributed by atoms with Crippen LogP contribution in [0.2, 0.25) is 0 Å². The van der Waals surface area contributed by atoms with Gasteiger partial charge in [-0.2, -0.15) is 0 Å². The number of nitrogens with two attached hydrogens (primary N) is 1. The number of anilines is 1. The Morgan fingerprint density at radius 2 is 2.13 bits per heavy atom. The van der Waals surface area contributed by atoms with Gasteiger partial charge in [-0.3, -0.25) is 4.79 Å². The van der Waals surface area contributed by atoms with Crippen molar-refractivity contribution < 1.29 is 9.53 Å². The Hall–Kier alpha value is -1.85. The average molecular weight is 211 g/mol. The van der Waals surface area contributed by atoms with Crippen LogP contribution in [0.25, 0.3) is 0 Å². The molecule has 0 radical (unpaired) electrons. The molecule has 6 heteroatoms. The molecule has 1 rings (SSSR count). The lowest BCUT2D eigenvalue weighted by Crippen LogP contribution is -2.34. The molecule has 0 aliphatic carbocycles. The van der Waals surface area contributed by atoms with Crippen molar-refractivity contribution in [3.63, 3.8) is 0 Å². The molecular weight excluding hydrogens is 198 g/mol. The Bertz CT molecular complexity index is 431. The zero-order valence-electron chi connectivity index (χ0n) is 8.85. The van der Waals surface area contributed by atoms with Crippen LogP contribution in [-0.4, -0.2) is 21.2 Å². The number of ether oxygens (including phenoxy) is 1. The lowest BCUT2D eigenvalue weighted by Gasteiger charge is -2.19. The second-order valence-electron chi connectivity index (χ2n) is 3.97. The number of carbonyl (C=O) groups excluding carboxylic acids is 1. The van der Waals surface area contributed by atoms with E-state index in [1.165, 1.54) is 12.4 Å². The third kappa shape index (κ3) is 2.80. The Kier molecular flexibility index (Phi) is 2.78. The molecule has 0 fully saturated rings. The van der Waals surface area contributed by atoms with E-state index in [1.54, 1.807) is 20.8 Å². The van der Waals surface area contributed by atoms with E-state index in [-0.39, 0.29) is 5.82 Å². The largest absolute Gasteiger partial charge is 0.443 e. The summed E-state index contributed by atoms with van der Waals surface area (Å²) in [6, 6.07) is 0. The van der Waals surface area contributed by atoms with Crippen molar-refractivity contribution >= 4 is 11.9 Å². The number of rotatable bonds is 0. The summed E-state index contributed by atoms with van der Waals surface area (Å²) in [5, 5.41) is 0. The molecule has 0 amide bonds. The Morgan fingerprint density at radius 1 is 1.53 bits per heavy atom. The molecule has 0 spiro atoms. The van der Waals surface area contributed by atoms with Gasteiger partial charge in [-0.1, -0.05) is 0 Å². The number of hydrogen-bond acceptors (Lipinski definition) is 5. The van der Waals surface area contributed by atoms with Crippen LogP contribution in [0.5, 0.6) is 0 Å². The normalized spacial score (nSPS) is 11.1. The maximum absolute atomic E-state index is 11.5. The van der Waals surface area contributed by atoms with Gasteiger partial charge in [0, 0.05) is 12.4 Å². The molecule has 0 unspecified atom stereocenters. The predicted molar refractivity (Wildman–Crippen MR) is 54.5 cm³/mol. The molecule has 15 heavy (non-hydrogen) atoms. The molecule has 6 nitrogen and oxygen atoms in total. The van der Waals surface area contributed by atoms with Gasteiger partial charge < -0.3 is 10.5 Å². The van der Waals surface area contributed by atoms with E-state index in [0.717, 1.165) is 4.57 Å². The van der Waals surface area contributed by atoms with Gasteiger partial charge in [-0.25, -0.2) is 14.3 Å². The van der Waals surface area contributed by atoms with Crippen molar-refractivity contribution in [1.29, 1.82) is 0 Å². The summed E-state index contributed by atoms with van der Waals surface area (Å²) in [5.74, 6) is -0.233. The summed E-state index contributed by atoms with van der Waals surface area (Å²) in [6.45, 7) is 5.13. The molecule has 1 aromatic heterocycles. The fourth-order valence-electron chi connectivity index (χ4n) is 0.882. The average Bonchev–Trinajstić information content (AvgIpc) is 2.06. The summed E-state index contributed by atoms with van der Waals surface area (Å²) in [5.41, 5.74) is 3.94. The molecule has 0 saturated carbocycles. The summed E-state index contributed by atoms with van der Waals surface area (Å²) < 4.78 is 5.79. The van der Waals surface area contributed by atoms with Crippen molar-refractivity contribution in [2.24, 2.45) is 0 Å². The van der Waals surface area contributed by atoms with Crippen LogP contribution in [0.3, 0.4) is 0 Å². The monoisotopic (exact) mass is 211 g/mol. The highest BCUT2D eigenvalue weighted by molar-refractivity contribution is 5.71. The summed E-state index contributed by atoms with van der Waals surface area (Å²) in [7, 11) is 0. The van der Waals surface area contributed by atoms with Crippen LogP contribution in [-0.2, 0) is 4.74 Å². The topological polar surface area (TPSA) is 87.2 Å². The molecule has 0 saturated heterocycles. The predicted octanol–water partition coefficient (Wildman–Crippen LogP) is 0.609. The van der Waals surface area contributed by atoms with Crippen LogP contribution in [0.1, 0.15) is 20.8 Å². The maximum atomic E-state index is 11.5. The molecule has 0 bridgehead atoms. The zero-order valence-corrected chi connectivity index (χ0v) is 8.85. The van der Waals surface area contributed by atoms with Gasteiger partial charge in [0.2, 0.25) is 0 Å². The summed E-state index contributed by atoms with van der Waals surface area (Å²) in [6.07, 6.45) is 1.72. The molecular formula is C9H13N3O3. The third-order valence-corrected chi connectivity index (χ3v) is 1.46. The lowest BCUT2D eigenvalue weighted by molar-refractivity contribution is 0.0530. The van der Waals surface area contributed by atoms with Crippen LogP contribution >= 0.6 is 0 Å². The van der Waals surface area contributed by atoms with E-state index in [2.05, 4.69) is 4.98 Å². The van der Waals surface area contributed by atoms with E-state index in [0.29, 0.717) is 0 Å². The van der Waals surface area contributed by atoms with Gasteiger partial charge in [0.15, 0.2) is 5.82 Å². The maximum Gasteiger partial charge on any atom is 0.421 e. The SMILES string of the molecule is CC(C)(C)OC(=O)n1ccnc(N)c1=O. The van der Waals surface area contributed by atoms with Crippen LogP contribution in [0.4, 0.5) is 10.6 Å². The Morgan fingerprint density at radius 3 is 2.67 bits per heavy atom. The first-order chi connectivity index (χ1) is 6.81. The van der Waals surface area contributed by atoms with Crippen LogP contribution < -0.4 is 11.3 Å². The fraction of sp³-hybridized carbons (Fsp3) is 0.444. The number of aromatic nitrogens is 2. The van der Waals surface area contributed by atoms with Gasteiger partial charge in [0.1, 0.15) is 5.60 Å². The quantitative estimate of drug-likeness (QED) is 0.679. The first-order valence-electron chi connectivity index (χ1n) is 4.38. The van der Waals surface area contributed by atoms with Gasteiger partial charge in [0.05, 0.1) is 0 Å². The fourth-order valence-corrected chi connectivity index (χ4v) is 0.882. The second kappa shape index (κ2) is 3.72. The number of nitrogens with zero attached hydrogens (tertiary/aromatic N) is 2. The molecule has 2 N–H and O–H groups in total. The standard InChI is InChI=1S/C9H13N3O3/c1-9(2,3)15-8(14)12-5-4-11-6(10)7(12)13/h4-5H,1-3H3,(H2,10,11). The van der Waals surface area contributed by atoms with Gasteiger partial charge in [0.25, 0.3) is 0 Å². The van der Waals surface area contributed by atoms with E-state index in [4.69, 9.17) is 10.5 Å². The minimum Gasteiger partial charge on any atom is -0.443 e. The van der Waals surface area contributed by atoms with Crippen molar-refractivity contribution in [1.82, 2.24) is 9.55 Å². The second-order valence-corrected chi connectivity index (χ2v) is 3.97. The highest BCUT2D eigenvalue weighted by Crippen LogP contribution is 2.07. The van der Waals surface area contributed by atoms with Crippen molar-refractivity contribution in [2.75, 3.05) is 5.73 Å². The first-order valence-corrected chi connectivity index (χ1v) is 4.38. The summed E-state index contributed by atoms with van der Waals surface area (Å²) >= 11 is 0.